The Bertz CT molecular complexity index is 1730. The molecule has 0 nitrogen and oxygen atoms in total. The van der Waals surface area contributed by atoms with Gasteiger partial charge in [0.25, 0.3) is 0 Å². The smallest absolute Gasteiger partial charge is 0.0328 e. The second-order valence-electron chi connectivity index (χ2n) is 41.9. The van der Waals surface area contributed by atoms with E-state index in [4.69, 9.17) is 0 Å². The molecular weight excluding hydrogens is 1150 g/mol. The first kappa shape index (κ1) is 90.2. The first-order valence-electron chi connectivity index (χ1n) is 45.2. The standard InChI is InChI=1S/2C8H14.10C8H16/c1-6-4-7-2-3-8(6)5-7;1-6-7-2-3-8(6)5-4-7;1-7-4-5-8(2,3)6-7;2*1-7-5-4-6-8(7,2)3;1-7-3-5-8(2)6-4-7;1-8(2)6-4-3-5-7-8;1-7(2)8-5-3-4-6-8;2*1-3-8(2)6-4-5-7-8;1-3-8-6-4-5-7(8)2;1-2-5-8-6-3-4-7-8/h2*6-8H,2-5H2,1H3;3*7H,4-6H2,1-3H3;7-8H,3-6H2,1-2H3;3-7H2,1-2H3;7-8H,3-6H2,1-2H3;2*3-7H2,1-2H3;7-8H,3-6H2,1-2H3;8H,2-7H2,1H3/t6-,7?,8?;;2*7-;;;;;;;;/m0.00......../s1. The molecule has 0 aromatic carbocycles. The van der Waals surface area contributed by atoms with Crippen LogP contribution in [-0.2, 0) is 0 Å². The van der Waals surface area contributed by atoms with Crippen LogP contribution in [0.1, 0.15) is 487 Å². The molecule has 0 radical (unpaired) electrons. The van der Waals surface area contributed by atoms with Crippen LogP contribution in [0.5, 0.6) is 0 Å². The van der Waals surface area contributed by atoms with Crippen molar-refractivity contribution in [3.63, 3.8) is 0 Å². The van der Waals surface area contributed by atoms with E-state index in [1.165, 1.54) is 270 Å². The molecule has 0 N–H and O–H groups in total. The Hall–Kier alpha value is 0. The lowest BCUT2D eigenvalue weighted by atomic mass is 9.78. The van der Waals surface area contributed by atoms with Gasteiger partial charge in [0, 0.05) is 0 Å². The number of fused-ring (bicyclic) bond motifs is 4. The Balaban J connectivity index is 0.000000273. The molecule has 572 valence electrons. The molecule has 0 heteroatoms. The monoisotopic (exact) mass is 1340 g/mol. The fourth-order valence-corrected chi connectivity index (χ4v) is 21.2. The molecule has 8 atom stereocenters. The Kier molecular flexibility index (Phi) is 43.9. The molecule has 4 bridgehead atoms. The summed E-state index contributed by atoms with van der Waals surface area (Å²) in [6.07, 6.45) is 74.0. The fraction of sp³-hybridized carbons (Fsp3) is 1.00. The molecule has 0 heterocycles. The maximum Gasteiger partial charge on any atom is -0.0328 e. The van der Waals surface area contributed by atoms with Crippen molar-refractivity contribution in [3.8, 4) is 0 Å². The fourth-order valence-electron chi connectivity index (χ4n) is 21.2. The lowest BCUT2D eigenvalue weighted by Gasteiger charge is -2.28. The highest BCUT2D eigenvalue weighted by molar-refractivity contribution is 4.90. The van der Waals surface area contributed by atoms with Crippen LogP contribution in [0.4, 0.5) is 0 Å². The predicted molar refractivity (Wildman–Crippen MR) is 437 cm³/mol. The summed E-state index contributed by atoms with van der Waals surface area (Å²) in [5.74, 6) is 16.9. The molecule has 14 saturated carbocycles. The van der Waals surface area contributed by atoms with Gasteiger partial charge in [0.2, 0.25) is 0 Å². The van der Waals surface area contributed by atoms with Crippen LogP contribution in [0, 0.1) is 127 Å². The third-order valence-corrected chi connectivity index (χ3v) is 31.1. The minimum absolute atomic E-state index is 0.653. The molecule has 0 amide bonds. The highest BCUT2D eigenvalue weighted by atomic mass is 14.4. The third kappa shape index (κ3) is 36.6. The van der Waals surface area contributed by atoms with Crippen molar-refractivity contribution in [1.82, 2.24) is 0 Å². The van der Waals surface area contributed by atoms with E-state index in [1.807, 2.05) is 0 Å². The van der Waals surface area contributed by atoms with Gasteiger partial charge >= 0.3 is 0 Å². The van der Waals surface area contributed by atoms with Gasteiger partial charge in [-0.05, 0) is 236 Å². The van der Waals surface area contributed by atoms with Crippen LogP contribution in [0.2, 0.25) is 0 Å². The average Bonchev–Trinajstić information content (AvgIpc) is 1.70. The van der Waals surface area contributed by atoms with Gasteiger partial charge in [-0.15, -0.1) is 0 Å². The summed E-state index contributed by atoms with van der Waals surface area (Å²) in [5, 5.41) is 0. The van der Waals surface area contributed by atoms with Gasteiger partial charge in [-0.3, -0.25) is 0 Å². The van der Waals surface area contributed by atoms with E-state index >= 15 is 0 Å². The summed E-state index contributed by atoms with van der Waals surface area (Å²) < 4.78 is 0. The van der Waals surface area contributed by atoms with Crippen molar-refractivity contribution in [3.05, 3.63) is 0 Å². The molecule has 96 heavy (non-hydrogen) atoms. The van der Waals surface area contributed by atoms with E-state index < -0.39 is 0 Å². The SMILES string of the molecule is CC(C)C1CCCC1.CC1(C)CCCCC1.CC1C2CCC1CC2.CC1CCC(C)CC1.CC1CCCC1(C)C.CCC1(C)CCCC1.CCC1(C)CCCC1.CCC1CCCC1C.CCCC1CCCC1.C[C@H]1CC2CCC1C2.C[C@H]1CCC(C)(C)C1.C[C@H]1CCCC1(C)C. The third-order valence-electron chi connectivity index (χ3n) is 31.1. The molecule has 14 aliphatic rings. The molecule has 14 fully saturated rings. The summed E-state index contributed by atoms with van der Waals surface area (Å²) >= 11 is 0. The maximum absolute atomic E-state index is 2.44. The average molecular weight is 1340 g/mol. The minimum Gasteiger partial charge on any atom is -0.0654 e. The Morgan fingerprint density at radius 3 is 0.969 bits per heavy atom. The van der Waals surface area contributed by atoms with Crippen LogP contribution >= 0.6 is 0 Å². The van der Waals surface area contributed by atoms with Crippen molar-refractivity contribution in [2.75, 3.05) is 0 Å². The molecule has 14 aliphatic carbocycles. The normalized spacial score (nSPS) is 34.7. The maximum atomic E-state index is 2.44. The van der Waals surface area contributed by atoms with Gasteiger partial charge in [-0.2, -0.15) is 0 Å². The molecular formula is C96H188. The quantitative estimate of drug-likeness (QED) is 0.249. The Morgan fingerprint density at radius 1 is 0.333 bits per heavy atom. The predicted octanol–water partition coefficient (Wildman–Crippen LogP) is 33.8. The van der Waals surface area contributed by atoms with Crippen LogP contribution in [0.25, 0.3) is 0 Å². The molecule has 0 spiro atoms. The number of hydrogen-bond acceptors (Lipinski definition) is 0. The van der Waals surface area contributed by atoms with E-state index in [2.05, 4.69) is 166 Å². The molecule has 0 aliphatic heterocycles. The van der Waals surface area contributed by atoms with Crippen LogP contribution in [-0.4, -0.2) is 0 Å². The summed E-state index contributed by atoms with van der Waals surface area (Å²) in [4.78, 5) is 0. The van der Waals surface area contributed by atoms with Crippen LogP contribution in [0.3, 0.4) is 0 Å². The van der Waals surface area contributed by atoms with E-state index in [1.54, 1.807) is 51.4 Å². The molecule has 5 unspecified atom stereocenters. The molecule has 14 rings (SSSR count). The second kappa shape index (κ2) is 46.7. The van der Waals surface area contributed by atoms with E-state index in [0.29, 0.717) is 21.7 Å². The Morgan fingerprint density at radius 2 is 0.771 bits per heavy atom. The van der Waals surface area contributed by atoms with Gasteiger partial charge in [-0.25, -0.2) is 0 Å². The summed E-state index contributed by atoms with van der Waals surface area (Å²) in [6.45, 7) is 56.8. The largest absolute Gasteiger partial charge is 0.0654 e. The second-order valence-corrected chi connectivity index (χ2v) is 41.9. The first-order valence-corrected chi connectivity index (χ1v) is 45.2. The summed E-state index contributed by atoms with van der Waals surface area (Å²) in [5.41, 5.74) is 4.12. The Labute approximate surface area is 610 Å². The lowest BCUT2D eigenvalue weighted by molar-refractivity contribution is 0.244. The van der Waals surface area contributed by atoms with Crippen molar-refractivity contribution >= 4 is 0 Å². The van der Waals surface area contributed by atoms with Crippen LogP contribution in [0.15, 0.2) is 0 Å². The van der Waals surface area contributed by atoms with E-state index in [9.17, 15) is 0 Å². The number of rotatable bonds is 6. The van der Waals surface area contributed by atoms with Gasteiger partial charge in [-0.1, -0.05) is 378 Å². The molecule has 0 aromatic heterocycles. The topological polar surface area (TPSA) is 0 Å². The van der Waals surface area contributed by atoms with Crippen molar-refractivity contribution in [2.45, 2.75) is 487 Å². The zero-order valence-corrected chi connectivity index (χ0v) is 71.6. The van der Waals surface area contributed by atoms with Gasteiger partial charge in [0.05, 0.1) is 0 Å². The summed E-state index contributed by atoms with van der Waals surface area (Å²) in [7, 11) is 0. The van der Waals surface area contributed by atoms with E-state index in [-0.39, 0.29) is 0 Å². The minimum atomic E-state index is 0.653. The van der Waals surface area contributed by atoms with Crippen molar-refractivity contribution < 1.29 is 0 Å². The molecule has 0 saturated heterocycles. The summed E-state index contributed by atoms with van der Waals surface area (Å²) in [6, 6.07) is 0. The van der Waals surface area contributed by atoms with E-state index in [0.717, 1.165) is 106 Å². The van der Waals surface area contributed by atoms with Crippen molar-refractivity contribution in [1.29, 1.82) is 0 Å². The zero-order valence-electron chi connectivity index (χ0n) is 71.6. The van der Waals surface area contributed by atoms with Gasteiger partial charge in [0.1, 0.15) is 0 Å². The van der Waals surface area contributed by atoms with Crippen LogP contribution < -0.4 is 0 Å². The van der Waals surface area contributed by atoms with Crippen molar-refractivity contribution in [2.24, 2.45) is 127 Å². The number of hydrogen-bond donors (Lipinski definition) is 0. The lowest BCUT2D eigenvalue weighted by Crippen LogP contribution is -2.14. The van der Waals surface area contributed by atoms with Gasteiger partial charge < -0.3 is 0 Å². The molecule has 0 aromatic rings. The highest BCUT2D eigenvalue weighted by Gasteiger charge is 2.39. The van der Waals surface area contributed by atoms with Gasteiger partial charge in [0.15, 0.2) is 0 Å². The first-order chi connectivity index (χ1) is 45.2. The highest BCUT2D eigenvalue weighted by Crippen LogP contribution is 2.50. The zero-order chi connectivity index (χ0) is 71.6.